The zero-order valence-electron chi connectivity index (χ0n) is 13.9. The van der Waals surface area contributed by atoms with E-state index in [-0.39, 0.29) is 34.2 Å². The van der Waals surface area contributed by atoms with Gasteiger partial charge in [-0.05, 0) is 58.6 Å². The molecule has 3 rings (SSSR count). The SMILES string of the molecule is O=C(c1ccc(Br)c([N+](=O)[O-])c1)N(Cc1ccc(C(F)(F)F)cc1)C1CC1. The molecular weight excluding hydrogens is 429 g/mol. The third kappa shape index (κ3) is 4.47. The van der Waals surface area contributed by atoms with E-state index in [4.69, 9.17) is 0 Å². The fourth-order valence-electron chi connectivity index (χ4n) is 2.70. The Bertz CT molecular complexity index is 880. The molecule has 1 saturated carbocycles. The summed E-state index contributed by atoms with van der Waals surface area (Å²) in [5.41, 5.74) is -0.233. The standard InChI is InChI=1S/C18H14BrF3N2O3/c19-15-8-3-12(9-16(15)24(26)27)17(25)23(14-6-7-14)10-11-1-4-13(5-2-11)18(20,21)22/h1-5,8-9,14H,6-7,10H2. The Morgan fingerprint density at radius 3 is 2.33 bits per heavy atom. The lowest BCUT2D eigenvalue weighted by Gasteiger charge is -2.23. The van der Waals surface area contributed by atoms with E-state index in [1.807, 2.05) is 0 Å². The maximum Gasteiger partial charge on any atom is 0.416 e. The molecule has 1 fully saturated rings. The van der Waals surface area contributed by atoms with Crippen LogP contribution in [-0.2, 0) is 12.7 Å². The number of benzene rings is 2. The molecule has 0 bridgehead atoms. The van der Waals surface area contributed by atoms with Crippen LogP contribution in [0.4, 0.5) is 18.9 Å². The lowest BCUT2D eigenvalue weighted by atomic mass is 10.1. The zero-order valence-corrected chi connectivity index (χ0v) is 15.5. The fraction of sp³-hybridized carbons (Fsp3) is 0.278. The van der Waals surface area contributed by atoms with Crippen molar-refractivity contribution in [1.82, 2.24) is 4.90 Å². The van der Waals surface area contributed by atoms with Crippen molar-refractivity contribution in [3.05, 3.63) is 73.7 Å². The molecule has 142 valence electrons. The van der Waals surface area contributed by atoms with Gasteiger partial charge in [-0.15, -0.1) is 0 Å². The molecule has 0 unspecified atom stereocenters. The Morgan fingerprint density at radius 2 is 1.81 bits per heavy atom. The highest BCUT2D eigenvalue weighted by Gasteiger charge is 2.34. The number of amides is 1. The molecule has 0 radical (unpaired) electrons. The van der Waals surface area contributed by atoms with E-state index < -0.39 is 16.7 Å². The van der Waals surface area contributed by atoms with Crippen molar-refractivity contribution >= 4 is 27.5 Å². The number of rotatable bonds is 5. The van der Waals surface area contributed by atoms with Gasteiger partial charge in [0.25, 0.3) is 11.6 Å². The third-order valence-corrected chi connectivity index (χ3v) is 4.94. The molecule has 0 aromatic heterocycles. The average molecular weight is 443 g/mol. The normalized spacial score (nSPS) is 14.1. The van der Waals surface area contributed by atoms with Crippen LogP contribution in [0.1, 0.15) is 34.3 Å². The quantitative estimate of drug-likeness (QED) is 0.473. The molecule has 2 aromatic rings. The Hall–Kier alpha value is -2.42. The van der Waals surface area contributed by atoms with Gasteiger partial charge in [-0.25, -0.2) is 0 Å². The summed E-state index contributed by atoms with van der Waals surface area (Å²) < 4.78 is 38.3. The van der Waals surface area contributed by atoms with Gasteiger partial charge < -0.3 is 4.90 Å². The van der Waals surface area contributed by atoms with Gasteiger partial charge >= 0.3 is 6.18 Å². The minimum Gasteiger partial charge on any atom is -0.331 e. The minimum atomic E-state index is -4.42. The van der Waals surface area contributed by atoms with Gasteiger partial charge in [0.1, 0.15) is 0 Å². The second kappa shape index (κ2) is 7.30. The lowest BCUT2D eigenvalue weighted by Crippen LogP contribution is -2.32. The molecule has 0 saturated heterocycles. The van der Waals surface area contributed by atoms with E-state index in [1.165, 1.54) is 30.3 Å². The topological polar surface area (TPSA) is 63.4 Å². The first kappa shape index (κ1) is 19.3. The van der Waals surface area contributed by atoms with E-state index in [1.54, 1.807) is 4.90 Å². The number of carbonyl (C=O) groups excluding carboxylic acids is 1. The monoisotopic (exact) mass is 442 g/mol. The summed E-state index contributed by atoms with van der Waals surface area (Å²) in [6.07, 6.45) is -2.82. The molecule has 0 N–H and O–H groups in total. The van der Waals surface area contributed by atoms with Crippen molar-refractivity contribution in [2.75, 3.05) is 0 Å². The zero-order chi connectivity index (χ0) is 19.8. The van der Waals surface area contributed by atoms with Crippen LogP contribution in [0.15, 0.2) is 46.9 Å². The highest BCUT2D eigenvalue weighted by atomic mass is 79.9. The number of hydrogen-bond donors (Lipinski definition) is 0. The maximum absolute atomic E-state index is 12.9. The van der Waals surface area contributed by atoms with Crippen molar-refractivity contribution in [2.45, 2.75) is 31.6 Å². The molecule has 5 nitrogen and oxygen atoms in total. The molecule has 0 atom stereocenters. The van der Waals surface area contributed by atoms with E-state index in [0.717, 1.165) is 25.0 Å². The second-order valence-electron chi connectivity index (χ2n) is 6.28. The summed E-state index contributed by atoms with van der Waals surface area (Å²) in [4.78, 5) is 24.9. The predicted octanol–water partition coefficient (Wildman–Crippen LogP) is 5.18. The number of nitro benzene ring substituents is 1. The van der Waals surface area contributed by atoms with Gasteiger partial charge in [-0.1, -0.05) is 12.1 Å². The van der Waals surface area contributed by atoms with Crippen molar-refractivity contribution < 1.29 is 22.9 Å². The van der Waals surface area contributed by atoms with Crippen molar-refractivity contribution in [3.8, 4) is 0 Å². The van der Waals surface area contributed by atoms with Crippen LogP contribution in [0.3, 0.4) is 0 Å². The Balaban J connectivity index is 1.83. The molecule has 0 aliphatic heterocycles. The Kier molecular flexibility index (Phi) is 5.23. The highest BCUT2D eigenvalue weighted by molar-refractivity contribution is 9.10. The molecular formula is C18H14BrF3N2O3. The number of hydrogen-bond acceptors (Lipinski definition) is 3. The van der Waals surface area contributed by atoms with E-state index in [9.17, 15) is 28.1 Å². The van der Waals surface area contributed by atoms with E-state index >= 15 is 0 Å². The largest absolute Gasteiger partial charge is 0.416 e. The van der Waals surface area contributed by atoms with Crippen molar-refractivity contribution in [3.63, 3.8) is 0 Å². The number of halogens is 4. The van der Waals surface area contributed by atoms with Crippen LogP contribution in [0.25, 0.3) is 0 Å². The first-order valence-electron chi connectivity index (χ1n) is 8.08. The smallest absolute Gasteiger partial charge is 0.331 e. The van der Waals surface area contributed by atoms with Gasteiger partial charge in [0.15, 0.2) is 0 Å². The average Bonchev–Trinajstić information content (AvgIpc) is 3.44. The third-order valence-electron chi connectivity index (χ3n) is 4.27. The predicted molar refractivity (Wildman–Crippen MR) is 95.1 cm³/mol. The summed E-state index contributed by atoms with van der Waals surface area (Å²) in [7, 11) is 0. The van der Waals surface area contributed by atoms with Gasteiger partial charge in [0.2, 0.25) is 0 Å². The van der Waals surface area contributed by atoms with E-state index in [2.05, 4.69) is 15.9 Å². The number of nitro groups is 1. The number of carbonyl (C=O) groups is 1. The molecule has 1 amide bonds. The van der Waals surface area contributed by atoms with Crippen molar-refractivity contribution in [1.29, 1.82) is 0 Å². The van der Waals surface area contributed by atoms with Gasteiger partial charge in [-0.2, -0.15) is 13.2 Å². The summed E-state index contributed by atoms with van der Waals surface area (Å²) in [6, 6.07) is 8.77. The summed E-state index contributed by atoms with van der Waals surface area (Å²) in [5, 5.41) is 11.1. The van der Waals surface area contributed by atoms with Gasteiger partial charge in [0, 0.05) is 24.2 Å². The Labute approximate surface area is 161 Å². The number of nitrogens with zero attached hydrogens (tertiary/aromatic N) is 2. The maximum atomic E-state index is 12.9. The molecule has 2 aromatic carbocycles. The van der Waals surface area contributed by atoms with Gasteiger partial charge in [0.05, 0.1) is 15.0 Å². The molecule has 1 aliphatic carbocycles. The molecule has 0 heterocycles. The first-order chi connectivity index (χ1) is 12.7. The summed E-state index contributed by atoms with van der Waals surface area (Å²) >= 11 is 3.08. The van der Waals surface area contributed by atoms with Crippen LogP contribution >= 0.6 is 15.9 Å². The van der Waals surface area contributed by atoms with Crippen LogP contribution < -0.4 is 0 Å². The summed E-state index contributed by atoms with van der Waals surface area (Å²) in [5.74, 6) is -0.381. The number of alkyl halides is 3. The Morgan fingerprint density at radius 1 is 1.19 bits per heavy atom. The first-order valence-corrected chi connectivity index (χ1v) is 8.87. The van der Waals surface area contributed by atoms with Gasteiger partial charge in [-0.3, -0.25) is 14.9 Å². The molecule has 9 heteroatoms. The van der Waals surface area contributed by atoms with E-state index in [0.29, 0.717) is 5.56 Å². The highest BCUT2D eigenvalue weighted by Crippen LogP contribution is 2.33. The molecule has 27 heavy (non-hydrogen) atoms. The lowest BCUT2D eigenvalue weighted by molar-refractivity contribution is -0.385. The minimum absolute atomic E-state index is 0.0116. The molecule has 1 aliphatic rings. The summed E-state index contributed by atoms with van der Waals surface area (Å²) in [6.45, 7) is 0.144. The van der Waals surface area contributed by atoms with Crippen LogP contribution in [0.5, 0.6) is 0 Å². The van der Waals surface area contributed by atoms with Crippen LogP contribution in [0, 0.1) is 10.1 Å². The second-order valence-corrected chi connectivity index (χ2v) is 7.14. The van der Waals surface area contributed by atoms with Crippen LogP contribution in [0.2, 0.25) is 0 Å². The fourth-order valence-corrected chi connectivity index (χ4v) is 3.09. The molecule has 0 spiro atoms. The van der Waals surface area contributed by atoms with Crippen molar-refractivity contribution in [2.24, 2.45) is 0 Å². The van der Waals surface area contributed by atoms with Crippen LogP contribution in [-0.4, -0.2) is 21.8 Å².